The smallest absolute Gasteiger partial charge is 0.338 e. The van der Waals surface area contributed by atoms with Crippen LogP contribution in [0.4, 0.5) is 5.69 Å². The monoisotopic (exact) mass is 585 g/mol. The number of aromatic nitrogens is 1. The van der Waals surface area contributed by atoms with Gasteiger partial charge in [0.25, 0.3) is 11.2 Å². The lowest BCUT2D eigenvalue weighted by Gasteiger charge is -2.24. The van der Waals surface area contributed by atoms with Crippen molar-refractivity contribution in [3.63, 3.8) is 0 Å². The summed E-state index contributed by atoms with van der Waals surface area (Å²) in [7, 11) is 1.57. The number of benzene rings is 3. The van der Waals surface area contributed by atoms with E-state index in [1.807, 2.05) is 24.3 Å². The molecule has 0 fully saturated rings. The highest BCUT2D eigenvalue weighted by Crippen LogP contribution is 2.31. The Morgan fingerprint density at radius 2 is 1.83 bits per heavy atom. The molecule has 0 amide bonds. The number of fused-ring (bicyclic) bond motifs is 1. The van der Waals surface area contributed by atoms with E-state index >= 15 is 0 Å². The number of rotatable bonds is 9. The molecule has 0 saturated carbocycles. The van der Waals surface area contributed by atoms with E-state index in [9.17, 15) is 19.7 Å². The minimum absolute atomic E-state index is 0.0148. The first kappa shape index (κ1) is 28.5. The van der Waals surface area contributed by atoms with Crippen LogP contribution in [0, 0.1) is 10.1 Å². The molecular formula is C31H27N3O7S. The molecule has 3 aromatic carbocycles. The number of hydrogen-bond acceptors (Lipinski definition) is 9. The van der Waals surface area contributed by atoms with E-state index in [2.05, 4.69) is 4.99 Å². The molecule has 0 radical (unpaired) electrons. The van der Waals surface area contributed by atoms with Gasteiger partial charge in [0.05, 0.1) is 40.5 Å². The van der Waals surface area contributed by atoms with Gasteiger partial charge in [-0.15, -0.1) is 0 Å². The maximum absolute atomic E-state index is 13.8. The number of nitro benzene ring substituents is 1. The van der Waals surface area contributed by atoms with Crippen molar-refractivity contribution >= 4 is 29.1 Å². The van der Waals surface area contributed by atoms with Crippen LogP contribution in [0.1, 0.15) is 36.6 Å². The summed E-state index contributed by atoms with van der Waals surface area (Å²) < 4.78 is 18.5. The second-order valence-corrected chi connectivity index (χ2v) is 10.4. The first-order chi connectivity index (χ1) is 20.3. The van der Waals surface area contributed by atoms with Crippen LogP contribution in [-0.2, 0) is 16.1 Å². The number of carbonyl (C=O) groups excluding carboxylic acids is 1. The topological polar surface area (TPSA) is 122 Å². The molecule has 0 bridgehead atoms. The fraction of sp³-hybridized carbons (Fsp3) is 0.194. The summed E-state index contributed by atoms with van der Waals surface area (Å²) in [5.41, 5.74) is 2.77. The number of hydrogen-bond donors (Lipinski definition) is 0. The second-order valence-electron chi connectivity index (χ2n) is 9.36. The van der Waals surface area contributed by atoms with Gasteiger partial charge in [0, 0.05) is 12.1 Å². The van der Waals surface area contributed by atoms with Gasteiger partial charge in [0.15, 0.2) is 4.80 Å². The fourth-order valence-electron chi connectivity index (χ4n) is 4.62. The Hall–Kier alpha value is -5.03. The van der Waals surface area contributed by atoms with Crippen LogP contribution < -0.4 is 24.4 Å². The van der Waals surface area contributed by atoms with Crippen molar-refractivity contribution in [2.24, 2.45) is 4.99 Å². The van der Waals surface area contributed by atoms with Gasteiger partial charge in [-0.05, 0) is 73.0 Å². The molecule has 11 heteroatoms. The summed E-state index contributed by atoms with van der Waals surface area (Å²) in [6.07, 6.45) is 1.76. The number of nitro groups is 1. The van der Waals surface area contributed by atoms with Crippen molar-refractivity contribution in [1.29, 1.82) is 0 Å². The Bertz CT molecular complexity index is 1860. The number of esters is 1. The molecule has 4 aromatic rings. The minimum Gasteiger partial charge on any atom is -0.497 e. The van der Waals surface area contributed by atoms with Gasteiger partial charge in [-0.1, -0.05) is 35.6 Å². The number of non-ortho nitro benzene ring substituents is 1. The summed E-state index contributed by atoms with van der Waals surface area (Å²) in [5.74, 6) is 0.707. The molecule has 5 rings (SSSR count). The van der Waals surface area contributed by atoms with E-state index in [4.69, 9.17) is 14.2 Å². The van der Waals surface area contributed by atoms with Crippen LogP contribution in [0.15, 0.2) is 93.9 Å². The number of thiazole rings is 1. The van der Waals surface area contributed by atoms with Gasteiger partial charge in [-0.3, -0.25) is 19.5 Å². The quantitative estimate of drug-likeness (QED) is 0.163. The average molecular weight is 586 g/mol. The van der Waals surface area contributed by atoms with Crippen molar-refractivity contribution in [2.45, 2.75) is 26.5 Å². The zero-order valence-electron chi connectivity index (χ0n) is 23.1. The van der Waals surface area contributed by atoms with Crippen molar-refractivity contribution < 1.29 is 23.9 Å². The molecule has 1 atom stereocenters. The Morgan fingerprint density at radius 3 is 2.50 bits per heavy atom. The molecule has 214 valence electrons. The SMILES string of the molecule is CCOC(=O)C1=C(C)N=c2s/c(=C\c3cccc(OCc4ccc([N+](=O)[O-])cc4)c3)c(=O)n2C1c1ccc(OC)cc1. The van der Waals surface area contributed by atoms with Gasteiger partial charge in [0.1, 0.15) is 18.1 Å². The summed E-state index contributed by atoms with van der Waals surface area (Å²) in [4.78, 5) is 42.4. The summed E-state index contributed by atoms with van der Waals surface area (Å²) in [6, 6.07) is 19.9. The van der Waals surface area contributed by atoms with Gasteiger partial charge < -0.3 is 14.2 Å². The summed E-state index contributed by atoms with van der Waals surface area (Å²) in [5, 5.41) is 10.9. The molecule has 10 nitrogen and oxygen atoms in total. The Balaban J connectivity index is 1.50. The van der Waals surface area contributed by atoms with Crippen molar-refractivity contribution in [1.82, 2.24) is 4.57 Å². The molecule has 0 N–H and O–H groups in total. The molecular weight excluding hydrogens is 558 g/mol. The second kappa shape index (κ2) is 12.2. The van der Waals surface area contributed by atoms with Crippen molar-refractivity contribution in [3.8, 4) is 11.5 Å². The third kappa shape index (κ3) is 5.86. The third-order valence-corrected chi connectivity index (χ3v) is 7.64. The third-order valence-electron chi connectivity index (χ3n) is 6.66. The van der Waals surface area contributed by atoms with Crippen LogP contribution in [-0.4, -0.2) is 29.2 Å². The van der Waals surface area contributed by atoms with E-state index in [0.29, 0.717) is 32.1 Å². The molecule has 0 spiro atoms. The summed E-state index contributed by atoms with van der Waals surface area (Å²) >= 11 is 1.23. The highest BCUT2D eigenvalue weighted by atomic mass is 32.1. The molecule has 1 aliphatic rings. The Labute approximate surface area is 244 Å². The van der Waals surface area contributed by atoms with Gasteiger partial charge >= 0.3 is 5.97 Å². The lowest BCUT2D eigenvalue weighted by atomic mass is 9.96. The van der Waals surface area contributed by atoms with E-state index in [0.717, 1.165) is 16.7 Å². The first-order valence-electron chi connectivity index (χ1n) is 13.1. The fourth-order valence-corrected chi connectivity index (χ4v) is 5.67. The molecule has 42 heavy (non-hydrogen) atoms. The number of allylic oxidation sites excluding steroid dienone is 1. The standard InChI is InChI=1S/C31H27N3O7S/c1-4-40-30(36)27-19(2)32-31-33(28(27)22-10-14-24(39-3)15-11-22)29(35)26(42-31)17-21-6-5-7-25(16-21)41-18-20-8-12-23(13-9-20)34(37)38/h5-17,28H,4,18H2,1-3H3/b26-17-. The minimum atomic E-state index is -0.718. The van der Waals surface area contributed by atoms with Crippen molar-refractivity contribution in [3.05, 3.63) is 131 Å². The first-order valence-corrected chi connectivity index (χ1v) is 13.9. The van der Waals surface area contributed by atoms with Crippen LogP contribution in [0.5, 0.6) is 11.5 Å². The Kier molecular flexibility index (Phi) is 8.30. The maximum Gasteiger partial charge on any atom is 0.338 e. The number of nitrogens with zero attached hydrogens (tertiary/aromatic N) is 3. The lowest BCUT2D eigenvalue weighted by molar-refractivity contribution is -0.384. The lowest BCUT2D eigenvalue weighted by Crippen LogP contribution is -2.39. The van der Waals surface area contributed by atoms with Gasteiger partial charge in [-0.2, -0.15) is 0 Å². The Morgan fingerprint density at radius 1 is 1.10 bits per heavy atom. The van der Waals surface area contributed by atoms with E-state index in [1.165, 1.54) is 28.0 Å². The van der Waals surface area contributed by atoms with Gasteiger partial charge in [0.2, 0.25) is 0 Å². The van der Waals surface area contributed by atoms with Crippen molar-refractivity contribution in [2.75, 3.05) is 13.7 Å². The van der Waals surface area contributed by atoms with Crippen LogP contribution in [0.3, 0.4) is 0 Å². The van der Waals surface area contributed by atoms with E-state index in [1.54, 1.807) is 63.4 Å². The van der Waals surface area contributed by atoms with E-state index < -0.39 is 16.9 Å². The predicted octanol–water partition coefficient (Wildman–Crippen LogP) is 4.29. The van der Waals surface area contributed by atoms with Crippen LogP contribution >= 0.6 is 11.3 Å². The number of carbonyl (C=O) groups is 1. The molecule has 2 heterocycles. The highest BCUT2D eigenvalue weighted by molar-refractivity contribution is 7.07. The molecule has 0 aliphatic carbocycles. The molecule has 1 aromatic heterocycles. The highest BCUT2D eigenvalue weighted by Gasteiger charge is 2.33. The summed E-state index contributed by atoms with van der Waals surface area (Å²) in [6.45, 7) is 3.89. The normalized spacial score (nSPS) is 14.6. The largest absolute Gasteiger partial charge is 0.497 e. The maximum atomic E-state index is 13.8. The molecule has 1 unspecified atom stereocenters. The molecule has 0 saturated heterocycles. The number of ether oxygens (including phenoxy) is 3. The molecule has 1 aliphatic heterocycles. The van der Waals surface area contributed by atoms with E-state index in [-0.39, 0.29) is 24.5 Å². The van der Waals surface area contributed by atoms with Crippen LogP contribution in [0.25, 0.3) is 6.08 Å². The zero-order valence-corrected chi connectivity index (χ0v) is 23.9. The average Bonchev–Trinajstić information content (AvgIpc) is 3.29. The predicted molar refractivity (Wildman–Crippen MR) is 157 cm³/mol. The zero-order chi connectivity index (χ0) is 29.8. The van der Waals surface area contributed by atoms with Crippen LogP contribution in [0.2, 0.25) is 0 Å². The number of methoxy groups -OCH3 is 1. The van der Waals surface area contributed by atoms with Gasteiger partial charge in [-0.25, -0.2) is 9.79 Å².